The molecule has 3 amide bonds. The van der Waals surface area contributed by atoms with E-state index in [9.17, 15) is 18.8 Å². The van der Waals surface area contributed by atoms with Crippen molar-refractivity contribution >= 4 is 40.8 Å². The summed E-state index contributed by atoms with van der Waals surface area (Å²) >= 11 is 1.63. The summed E-state index contributed by atoms with van der Waals surface area (Å²) in [7, 11) is 3.61. The molecule has 0 atom stereocenters. The highest BCUT2D eigenvalue weighted by Gasteiger charge is 2.27. The topological polar surface area (TPSA) is 144 Å². The van der Waals surface area contributed by atoms with Crippen molar-refractivity contribution in [3.63, 3.8) is 0 Å². The summed E-state index contributed by atoms with van der Waals surface area (Å²) in [5, 5.41) is 19.0. The first-order valence-electron chi connectivity index (χ1n) is 17.0. The van der Waals surface area contributed by atoms with E-state index in [1.807, 2.05) is 24.1 Å². The standard InChI is InChI=1S/C34H44N10O3S.CH3FO/c1-24-6-7-26(48-4)18-27(24)32-29(37-34(47)28-19-36-44-11-5-10-35-33(28)44)21-43(38-32)23-31(46)42-16-14-41(15-17-42)20-25-8-12-40(13-9-25)22-30(45)39(2)3;2-1-3/h5-7,10-11,18-19,21,25H,8-9,12-17,20,22-23H2,1-4H3,(H,37,47);3H,1H2. The van der Waals surface area contributed by atoms with Crippen LogP contribution >= 0.6 is 11.8 Å². The van der Waals surface area contributed by atoms with Gasteiger partial charge >= 0.3 is 0 Å². The van der Waals surface area contributed by atoms with Crippen molar-refractivity contribution in [2.24, 2.45) is 5.92 Å². The molecule has 3 aromatic heterocycles. The second-order valence-corrected chi connectivity index (χ2v) is 13.9. The van der Waals surface area contributed by atoms with Gasteiger partial charge in [0.2, 0.25) is 11.8 Å². The number of hydrogen-bond donors (Lipinski definition) is 2. The molecular weight excluding hydrogens is 676 g/mol. The largest absolute Gasteiger partial charge is 0.366 e. The Morgan fingerprint density at radius 2 is 1.78 bits per heavy atom. The highest BCUT2D eigenvalue weighted by atomic mass is 32.2. The highest BCUT2D eigenvalue weighted by Crippen LogP contribution is 2.33. The van der Waals surface area contributed by atoms with E-state index in [1.54, 1.807) is 64.6 Å². The molecule has 0 bridgehead atoms. The third-order valence-electron chi connectivity index (χ3n) is 9.34. The number of aliphatic hydroxyl groups is 1. The average Bonchev–Trinajstić information content (AvgIpc) is 3.74. The molecule has 51 heavy (non-hydrogen) atoms. The number of alkyl halides is 1. The van der Waals surface area contributed by atoms with Gasteiger partial charge in [0.05, 0.1) is 18.4 Å². The number of carbonyl (C=O) groups excluding carboxylic acids is 3. The number of halogens is 1. The molecule has 4 aromatic rings. The lowest BCUT2D eigenvalue weighted by atomic mass is 9.96. The Bertz CT molecular complexity index is 1800. The van der Waals surface area contributed by atoms with E-state index in [0.717, 1.165) is 61.6 Å². The van der Waals surface area contributed by atoms with Crippen LogP contribution in [0.15, 0.2) is 53.9 Å². The highest BCUT2D eigenvalue weighted by molar-refractivity contribution is 7.98. The number of likely N-dealkylation sites (N-methyl/N-ethyl adjacent to an activating group) is 1. The zero-order valence-electron chi connectivity index (χ0n) is 29.7. The number of anilines is 1. The molecule has 2 aliphatic heterocycles. The van der Waals surface area contributed by atoms with Crippen molar-refractivity contribution in [1.29, 1.82) is 0 Å². The number of piperazine rings is 1. The summed E-state index contributed by atoms with van der Waals surface area (Å²) in [6.07, 6.45) is 10.8. The number of benzene rings is 1. The van der Waals surface area contributed by atoms with Crippen molar-refractivity contribution < 1.29 is 23.9 Å². The van der Waals surface area contributed by atoms with E-state index in [2.05, 4.69) is 37.3 Å². The molecule has 0 saturated carbocycles. The predicted octanol–water partition coefficient (Wildman–Crippen LogP) is 2.73. The molecule has 274 valence electrons. The number of aromatic nitrogens is 5. The minimum Gasteiger partial charge on any atom is -0.366 e. The van der Waals surface area contributed by atoms with Gasteiger partial charge in [0.15, 0.2) is 12.5 Å². The minimum absolute atomic E-state index is 0.00172. The number of rotatable bonds is 10. The van der Waals surface area contributed by atoms with Gasteiger partial charge in [-0.2, -0.15) is 10.2 Å². The van der Waals surface area contributed by atoms with Gasteiger partial charge in [-0.05, 0) is 68.8 Å². The van der Waals surface area contributed by atoms with Gasteiger partial charge < -0.3 is 20.2 Å². The van der Waals surface area contributed by atoms with Crippen LogP contribution in [0.5, 0.6) is 0 Å². The third-order valence-corrected chi connectivity index (χ3v) is 10.1. The number of amides is 3. The summed E-state index contributed by atoms with van der Waals surface area (Å²) in [5.41, 5.74) is 3.84. The molecule has 2 fully saturated rings. The van der Waals surface area contributed by atoms with Gasteiger partial charge in [-0.15, -0.1) is 11.8 Å². The third kappa shape index (κ3) is 9.70. The van der Waals surface area contributed by atoms with Gasteiger partial charge in [0.25, 0.3) is 5.91 Å². The van der Waals surface area contributed by atoms with Crippen LogP contribution in [-0.4, -0.2) is 146 Å². The van der Waals surface area contributed by atoms with E-state index >= 15 is 0 Å². The van der Waals surface area contributed by atoms with Crippen LogP contribution in [0, 0.1) is 12.8 Å². The molecule has 2 saturated heterocycles. The maximum atomic E-state index is 13.5. The van der Waals surface area contributed by atoms with Gasteiger partial charge in [0, 0.05) is 75.9 Å². The molecule has 6 rings (SSSR count). The number of carbonyl (C=O) groups is 3. The lowest BCUT2D eigenvalue weighted by Crippen LogP contribution is -2.51. The fraction of sp³-hybridized carbons (Fsp3) is 0.486. The smallest absolute Gasteiger partial charge is 0.261 e. The van der Waals surface area contributed by atoms with E-state index in [4.69, 9.17) is 10.2 Å². The Balaban J connectivity index is 0.00000162. The van der Waals surface area contributed by atoms with Gasteiger partial charge in [-0.25, -0.2) is 13.9 Å². The molecule has 16 heteroatoms. The number of nitrogens with one attached hydrogen (secondary N) is 1. The Kier molecular flexibility index (Phi) is 13.1. The zero-order chi connectivity index (χ0) is 36.5. The molecule has 0 radical (unpaired) electrons. The van der Waals surface area contributed by atoms with Crippen molar-refractivity contribution in [1.82, 2.24) is 44.0 Å². The predicted molar refractivity (Wildman–Crippen MR) is 194 cm³/mol. The van der Waals surface area contributed by atoms with Crippen molar-refractivity contribution in [2.75, 3.05) is 84.9 Å². The van der Waals surface area contributed by atoms with Crippen LogP contribution in [0.25, 0.3) is 16.9 Å². The summed E-state index contributed by atoms with van der Waals surface area (Å²) in [4.78, 5) is 52.7. The van der Waals surface area contributed by atoms with Crippen LogP contribution in [0.3, 0.4) is 0 Å². The lowest BCUT2D eigenvalue weighted by molar-refractivity contribution is -0.134. The maximum Gasteiger partial charge on any atom is 0.261 e. The quantitative estimate of drug-likeness (QED) is 0.235. The molecule has 14 nitrogen and oxygen atoms in total. The summed E-state index contributed by atoms with van der Waals surface area (Å²) in [5.74, 6) is 0.418. The summed E-state index contributed by atoms with van der Waals surface area (Å²) in [6, 6.07) is 7.92. The molecule has 2 N–H and O–H groups in total. The average molecular weight is 723 g/mol. The van der Waals surface area contributed by atoms with Crippen molar-refractivity contribution in [3.05, 3.63) is 60.2 Å². The first-order valence-corrected chi connectivity index (χ1v) is 18.2. The number of piperidine rings is 1. The number of hydrogen-bond acceptors (Lipinski definition) is 10. The minimum atomic E-state index is -1.25. The fourth-order valence-electron chi connectivity index (χ4n) is 6.40. The van der Waals surface area contributed by atoms with Gasteiger partial charge in [0.1, 0.15) is 17.8 Å². The maximum absolute atomic E-state index is 13.5. The van der Waals surface area contributed by atoms with E-state index in [-0.39, 0.29) is 24.3 Å². The Morgan fingerprint density at radius 1 is 1.06 bits per heavy atom. The Labute approximate surface area is 301 Å². The number of nitrogens with zero attached hydrogens (tertiary/aromatic N) is 9. The van der Waals surface area contributed by atoms with Crippen LogP contribution in [0.2, 0.25) is 0 Å². The summed E-state index contributed by atoms with van der Waals surface area (Å²) < 4.78 is 13.0. The van der Waals surface area contributed by atoms with E-state index < -0.39 is 6.86 Å². The molecule has 0 spiro atoms. The number of fused-ring (bicyclic) bond motifs is 1. The lowest BCUT2D eigenvalue weighted by Gasteiger charge is -2.38. The normalized spacial score (nSPS) is 15.8. The molecule has 2 aliphatic rings. The first-order chi connectivity index (χ1) is 24.6. The Morgan fingerprint density at radius 3 is 2.47 bits per heavy atom. The first kappa shape index (κ1) is 37.9. The monoisotopic (exact) mass is 722 g/mol. The summed E-state index contributed by atoms with van der Waals surface area (Å²) in [6.45, 7) is 7.28. The van der Waals surface area contributed by atoms with E-state index in [0.29, 0.717) is 48.1 Å². The van der Waals surface area contributed by atoms with Crippen LogP contribution in [0.1, 0.15) is 28.8 Å². The number of aliphatic hydroxyl groups excluding tert-OH is 1. The van der Waals surface area contributed by atoms with Crippen molar-refractivity contribution in [2.45, 2.75) is 31.2 Å². The number of aryl methyl sites for hydroxylation is 1. The SMILES string of the molecule is CSc1ccc(C)c(-c2nn(CC(=O)N3CCN(CC4CCN(CC(=O)N(C)C)CC4)CC3)cc2NC(=O)c2cnn3cccnc23)c1.OCF. The van der Waals surface area contributed by atoms with Gasteiger partial charge in [-0.1, -0.05) is 6.07 Å². The molecule has 1 aromatic carbocycles. The Hall–Kier alpha value is -4.38. The fourth-order valence-corrected chi connectivity index (χ4v) is 6.84. The molecule has 0 aliphatic carbocycles. The van der Waals surface area contributed by atoms with Gasteiger partial charge in [-0.3, -0.25) is 28.9 Å². The van der Waals surface area contributed by atoms with Crippen molar-refractivity contribution in [3.8, 4) is 11.3 Å². The molecule has 0 unspecified atom stereocenters. The second-order valence-electron chi connectivity index (χ2n) is 13.0. The molecule has 5 heterocycles. The zero-order valence-corrected chi connectivity index (χ0v) is 30.5. The van der Waals surface area contributed by atoms with Crippen LogP contribution in [-0.2, 0) is 16.1 Å². The van der Waals surface area contributed by atoms with Crippen LogP contribution in [0.4, 0.5) is 10.1 Å². The molecular formula is C35H47FN10O4S. The number of thioether (sulfide) groups is 1. The number of likely N-dealkylation sites (tertiary alicyclic amines) is 1. The van der Waals surface area contributed by atoms with E-state index in [1.165, 1.54) is 6.20 Å². The van der Waals surface area contributed by atoms with Crippen LogP contribution < -0.4 is 5.32 Å². The second kappa shape index (κ2) is 17.7.